The van der Waals surface area contributed by atoms with Crippen molar-refractivity contribution in [3.8, 4) is 5.75 Å². The van der Waals surface area contributed by atoms with Gasteiger partial charge in [-0.2, -0.15) is 0 Å². The summed E-state index contributed by atoms with van der Waals surface area (Å²) < 4.78 is 4.44. The van der Waals surface area contributed by atoms with Gasteiger partial charge in [0, 0.05) is 6.07 Å². The van der Waals surface area contributed by atoms with Crippen molar-refractivity contribution in [2.45, 2.75) is 0 Å². The number of rotatable bonds is 2. The summed E-state index contributed by atoms with van der Waals surface area (Å²) in [5, 5.41) is 10.2. The van der Waals surface area contributed by atoms with E-state index in [0.717, 1.165) is 0 Å². The predicted octanol–water partition coefficient (Wildman–Crippen LogP) is 1.71. The standard InChI is InChI=1S/C7H5ClN2O4/c8-6-4(10(12)13)2-1-3-5(6)14-7(9)11/h1-3H,(H2,9,11). The maximum absolute atomic E-state index is 10.4. The third-order valence-corrected chi connectivity index (χ3v) is 1.73. The molecule has 1 aromatic carbocycles. The van der Waals surface area contributed by atoms with Crippen molar-refractivity contribution in [1.82, 2.24) is 0 Å². The number of halogens is 1. The molecule has 6 nitrogen and oxygen atoms in total. The number of nitro groups is 1. The van der Waals surface area contributed by atoms with Gasteiger partial charge in [-0.25, -0.2) is 4.79 Å². The number of benzene rings is 1. The second-order valence-electron chi connectivity index (χ2n) is 2.27. The number of carbonyl (C=O) groups excluding carboxylic acids is 1. The van der Waals surface area contributed by atoms with E-state index >= 15 is 0 Å². The van der Waals surface area contributed by atoms with Crippen LogP contribution in [0.25, 0.3) is 0 Å². The fraction of sp³-hybridized carbons (Fsp3) is 0. The van der Waals surface area contributed by atoms with E-state index in [4.69, 9.17) is 17.3 Å². The Hall–Kier alpha value is -1.82. The molecule has 0 heterocycles. The van der Waals surface area contributed by atoms with Crippen LogP contribution in [0.15, 0.2) is 18.2 Å². The lowest BCUT2D eigenvalue weighted by Crippen LogP contribution is -2.16. The van der Waals surface area contributed by atoms with Crippen LogP contribution in [0.4, 0.5) is 10.5 Å². The summed E-state index contributed by atoms with van der Waals surface area (Å²) in [7, 11) is 0. The van der Waals surface area contributed by atoms with E-state index in [1.165, 1.54) is 18.2 Å². The maximum Gasteiger partial charge on any atom is 0.410 e. The summed E-state index contributed by atoms with van der Waals surface area (Å²) in [5.74, 6) is -0.131. The molecule has 0 unspecified atom stereocenters. The van der Waals surface area contributed by atoms with E-state index in [1.54, 1.807) is 0 Å². The van der Waals surface area contributed by atoms with Crippen molar-refractivity contribution in [3.05, 3.63) is 33.3 Å². The fourth-order valence-electron chi connectivity index (χ4n) is 0.827. The van der Waals surface area contributed by atoms with Gasteiger partial charge in [0.05, 0.1) is 4.92 Å². The van der Waals surface area contributed by atoms with Crippen molar-refractivity contribution in [2.24, 2.45) is 5.73 Å². The van der Waals surface area contributed by atoms with E-state index in [9.17, 15) is 14.9 Å². The van der Waals surface area contributed by atoms with Gasteiger partial charge in [-0.05, 0) is 6.07 Å². The lowest BCUT2D eigenvalue weighted by atomic mass is 10.3. The van der Waals surface area contributed by atoms with Crippen LogP contribution in [0.2, 0.25) is 5.02 Å². The number of nitrogens with two attached hydrogens (primary N) is 1. The molecule has 0 spiro atoms. The average Bonchev–Trinajstić information content (AvgIpc) is 2.07. The molecule has 7 heteroatoms. The van der Waals surface area contributed by atoms with Gasteiger partial charge in [-0.3, -0.25) is 10.1 Å². The molecular formula is C7H5ClN2O4. The Morgan fingerprint density at radius 3 is 2.71 bits per heavy atom. The first-order valence-electron chi connectivity index (χ1n) is 3.42. The minimum absolute atomic E-state index is 0.131. The first kappa shape index (κ1) is 10.3. The highest BCUT2D eigenvalue weighted by atomic mass is 35.5. The summed E-state index contributed by atoms with van der Waals surface area (Å²) in [6.45, 7) is 0. The van der Waals surface area contributed by atoms with E-state index in [1.807, 2.05) is 0 Å². The highest BCUT2D eigenvalue weighted by molar-refractivity contribution is 6.34. The summed E-state index contributed by atoms with van der Waals surface area (Å²) in [6.07, 6.45) is -1.08. The molecule has 0 bridgehead atoms. The van der Waals surface area contributed by atoms with Crippen LogP contribution >= 0.6 is 11.6 Å². The summed E-state index contributed by atoms with van der Waals surface area (Å²) in [5.41, 5.74) is 4.39. The topological polar surface area (TPSA) is 95.5 Å². The van der Waals surface area contributed by atoms with Crippen molar-refractivity contribution in [2.75, 3.05) is 0 Å². The Kier molecular flexibility index (Phi) is 2.88. The summed E-state index contributed by atoms with van der Waals surface area (Å²) in [4.78, 5) is 20.1. The molecule has 0 saturated heterocycles. The molecule has 0 aliphatic carbocycles. The van der Waals surface area contributed by atoms with Crippen LogP contribution in [0, 0.1) is 10.1 Å². The maximum atomic E-state index is 10.4. The van der Waals surface area contributed by atoms with Gasteiger partial charge >= 0.3 is 6.09 Å². The zero-order valence-electron chi connectivity index (χ0n) is 6.77. The van der Waals surface area contributed by atoms with Gasteiger partial charge in [0.25, 0.3) is 5.69 Å². The van der Waals surface area contributed by atoms with Gasteiger partial charge in [0.15, 0.2) is 10.8 Å². The van der Waals surface area contributed by atoms with Crippen molar-refractivity contribution in [1.29, 1.82) is 0 Å². The Bertz CT molecular complexity index is 393. The molecule has 2 N–H and O–H groups in total. The molecule has 14 heavy (non-hydrogen) atoms. The number of hydrogen-bond donors (Lipinski definition) is 1. The Labute approximate surface area is 83.4 Å². The van der Waals surface area contributed by atoms with Gasteiger partial charge < -0.3 is 10.5 Å². The zero-order chi connectivity index (χ0) is 10.7. The Morgan fingerprint density at radius 1 is 1.57 bits per heavy atom. The lowest BCUT2D eigenvalue weighted by Gasteiger charge is -2.02. The number of nitro benzene ring substituents is 1. The van der Waals surface area contributed by atoms with E-state index < -0.39 is 11.0 Å². The average molecular weight is 217 g/mol. The number of amides is 1. The number of primary amides is 1. The van der Waals surface area contributed by atoms with Crippen LogP contribution in [0.5, 0.6) is 5.75 Å². The molecule has 0 aromatic heterocycles. The third kappa shape index (κ3) is 2.11. The molecule has 0 radical (unpaired) electrons. The second-order valence-corrected chi connectivity index (χ2v) is 2.65. The highest BCUT2D eigenvalue weighted by Gasteiger charge is 2.17. The molecule has 1 rings (SSSR count). The number of hydrogen-bond acceptors (Lipinski definition) is 4. The molecule has 0 fully saturated rings. The molecule has 0 aliphatic heterocycles. The van der Waals surface area contributed by atoms with Crippen LogP contribution in [0.1, 0.15) is 0 Å². The first-order chi connectivity index (χ1) is 6.52. The van der Waals surface area contributed by atoms with Crippen LogP contribution in [-0.4, -0.2) is 11.0 Å². The summed E-state index contributed by atoms with van der Waals surface area (Å²) in [6, 6.07) is 3.83. The second kappa shape index (κ2) is 3.93. The van der Waals surface area contributed by atoms with Gasteiger partial charge in [-0.1, -0.05) is 17.7 Å². The minimum atomic E-state index is -1.08. The van der Waals surface area contributed by atoms with Gasteiger partial charge in [0.1, 0.15) is 0 Å². The quantitative estimate of drug-likeness (QED) is 0.601. The smallest absolute Gasteiger partial charge is 0.409 e. The van der Waals surface area contributed by atoms with Crippen molar-refractivity contribution in [3.63, 3.8) is 0 Å². The van der Waals surface area contributed by atoms with E-state index in [0.29, 0.717) is 0 Å². The zero-order valence-corrected chi connectivity index (χ0v) is 7.52. The third-order valence-electron chi connectivity index (χ3n) is 1.35. The molecule has 0 atom stereocenters. The number of nitrogens with zero attached hydrogens (tertiary/aromatic N) is 1. The molecule has 0 aliphatic rings. The molecular weight excluding hydrogens is 212 g/mol. The normalized spacial score (nSPS) is 9.50. The highest BCUT2D eigenvalue weighted by Crippen LogP contribution is 2.33. The lowest BCUT2D eigenvalue weighted by molar-refractivity contribution is -0.384. The Balaban J connectivity index is 3.13. The van der Waals surface area contributed by atoms with Crippen LogP contribution < -0.4 is 10.5 Å². The molecule has 1 amide bonds. The van der Waals surface area contributed by atoms with E-state index in [2.05, 4.69) is 4.74 Å². The molecule has 74 valence electrons. The summed E-state index contributed by atoms with van der Waals surface area (Å²) >= 11 is 5.57. The van der Waals surface area contributed by atoms with Crippen LogP contribution in [-0.2, 0) is 0 Å². The van der Waals surface area contributed by atoms with Gasteiger partial charge in [-0.15, -0.1) is 0 Å². The molecule has 0 saturated carbocycles. The Morgan fingerprint density at radius 2 is 2.21 bits per heavy atom. The van der Waals surface area contributed by atoms with E-state index in [-0.39, 0.29) is 16.5 Å². The minimum Gasteiger partial charge on any atom is -0.409 e. The SMILES string of the molecule is NC(=O)Oc1cccc([N+](=O)[O-])c1Cl. The number of carbonyl (C=O) groups is 1. The fourth-order valence-corrected chi connectivity index (χ4v) is 1.06. The number of ether oxygens (including phenoxy) is 1. The van der Waals surface area contributed by atoms with Crippen LogP contribution in [0.3, 0.4) is 0 Å². The van der Waals surface area contributed by atoms with Crippen molar-refractivity contribution >= 4 is 23.4 Å². The first-order valence-corrected chi connectivity index (χ1v) is 3.80. The monoisotopic (exact) mass is 216 g/mol. The van der Waals surface area contributed by atoms with Gasteiger partial charge in [0.2, 0.25) is 0 Å². The largest absolute Gasteiger partial charge is 0.410 e. The van der Waals surface area contributed by atoms with Crippen molar-refractivity contribution < 1.29 is 14.5 Å². The predicted molar refractivity (Wildman–Crippen MR) is 48.3 cm³/mol. The molecule has 1 aromatic rings.